The standard InChI is InChI=1S/C18H20F2N2O3S/c1-12(14-6-9-16(19)17(20)11-14)22-18(23)10-5-13-3-7-15(8-4-13)26(24,25)21-2/h3-4,6-9,11-12,21H,5,10H2,1-2H3,(H,22,23)/t12-/m0/s1. The summed E-state index contributed by atoms with van der Waals surface area (Å²) in [7, 11) is -2.15. The molecule has 0 heterocycles. The van der Waals surface area contributed by atoms with Gasteiger partial charge < -0.3 is 5.32 Å². The third kappa shape index (κ3) is 5.09. The second-order valence-corrected chi connectivity index (χ2v) is 7.70. The van der Waals surface area contributed by atoms with Gasteiger partial charge in [0.25, 0.3) is 0 Å². The fourth-order valence-corrected chi connectivity index (χ4v) is 3.12. The van der Waals surface area contributed by atoms with Crippen LogP contribution < -0.4 is 10.0 Å². The Labute approximate surface area is 151 Å². The van der Waals surface area contributed by atoms with Gasteiger partial charge in [0.05, 0.1) is 10.9 Å². The summed E-state index contributed by atoms with van der Waals surface area (Å²) in [5, 5.41) is 2.72. The molecule has 26 heavy (non-hydrogen) atoms. The van der Waals surface area contributed by atoms with Crippen LogP contribution in [0.25, 0.3) is 0 Å². The topological polar surface area (TPSA) is 75.3 Å². The molecular formula is C18H20F2N2O3S. The largest absolute Gasteiger partial charge is 0.350 e. The fraction of sp³-hybridized carbons (Fsp3) is 0.278. The van der Waals surface area contributed by atoms with Crippen LogP contribution in [0.3, 0.4) is 0 Å². The fourth-order valence-electron chi connectivity index (χ4n) is 2.39. The van der Waals surface area contributed by atoms with E-state index in [4.69, 9.17) is 0 Å². The summed E-state index contributed by atoms with van der Waals surface area (Å²) in [6.45, 7) is 1.68. The average Bonchev–Trinajstić information content (AvgIpc) is 2.62. The van der Waals surface area contributed by atoms with Crippen molar-refractivity contribution >= 4 is 15.9 Å². The molecule has 0 saturated heterocycles. The van der Waals surface area contributed by atoms with E-state index in [-0.39, 0.29) is 17.2 Å². The molecule has 0 radical (unpaired) electrons. The van der Waals surface area contributed by atoms with E-state index < -0.39 is 27.7 Å². The van der Waals surface area contributed by atoms with Crippen molar-refractivity contribution in [1.29, 1.82) is 0 Å². The second-order valence-electron chi connectivity index (χ2n) is 5.81. The van der Waals surface area contributed by atoms with E-state index in [1.807, 2.05) is 0 Å². The number of carbonyl (C=O) groups excluding carboxylic acids is 1. The van der Waals surface area contributed by atoms with Crippen LogP contribution in [-0.2, 0) is 21.2 Å². The summed E-state index contributed by atoms with van der Waals surface area (Å²) < 4.78 is 51.7. The summed E-state index contributed by atoms with van der Waals surface area (Å²) in [5.74, 6) is -2.13. The lowest BCUT2D eigenvalue weighted by Crippen LogP contribution is -2.27. The van der Waals surface area contributed by atoms with E-state index in [0.29, 0.717) is 12.0 Å². The zero-order chi connectivity index (χ0) is 19.3. The molecule has 8 heteroatoms. The predicted octanol–water partition coefficient (Wildman–Crippen LogP) is 2.68. The smallest absolute Gasteiger partial charge is 0.240 e. The Morgan fingerprint density at radius 1 is 1.08 bits per heavy atom. The van der Waals surface area contributed by atoms with Crippen LogP contribution in [0, 0.1) is 11.6 Å². The maximum atomic E-state index is 13.3. The van der Waals surface area contributed by atoms with Crippen LogP contribution in [0.15, 0.2) is 47.4 Å². The highest BCUT2D eigenvalue weighted by molar-refractivity contribution is 7.89. The second kappa shape index (κ2) is 8.37. The van der Waals surface area contributed by atoms with Gasteiger partial charge in [0.15, 0.2) is 11.6 Å². The average molecular weight is 382 g/mol. The monoisotopic (exact) mass is 382 g/mol. The third-order valence-electron chi connectivity index (χ3n) is 3.96. The van der Waals surface area contributed by atoms with Crippen LogP contribution in [0.4, 0.5) is 8.78 Å². The van der Waals surface area contributed by atoms with Crippen LogP contribution in [0.1, 0.15) is 30.5 Å². The molecule has 0 bridgehead atoms. The highest BCUT2D eigenvalue weighted by Crippen LogP contribution is 2.16. The molecule has 2 N–H and O–H groups in total. The highest BCUT2D eigenvalue weighted by atomic mass is 32.2. The molecule has 1 amide bonds. The van der Waals surface area contributed by atoms with Gasteiger partial charge in [-0.15, -0.1) is 0 Å². The van der Waals surface area contributed by atoms with Crippen molar-refractivity contribution in [2.24, 2.45) is 0 Å². The van der Waals surface area contributed by atoms with E-state index in [2.05, 4.69) is 10.0 Å². The van der Waals surface area contributed by atoms with Gasteiger partial charge in [-0.1, -0.05) is 18.2 Å². The molecule has 0 unspecified atom stereocenters. The van der Waals surface area contributed by atoms with Crippen LogP contribution in [-0.4, -0.2) is 21.4 Å². The van der Waals surface area contributed by atoms with Gasteiger partial charge in [0.2, 0.25) is 15.9 Å². The first-order chi connectivity index (χ1) is 12.2. The Bertz CT molecular complexity index is 884. The Hall–Kier alpha value is -2.32. The number of nitrogens with one attached hydrogen (secondary N) is 2. The number of hydrogen-bond donors (Lipinski definition) is 2. The van der Waals surface area contributed by atoms with Gasteiger partial charge in [-0.05, 0) is 55.8 Å². The van der Waals surface area contributed by atoms with Gasteiger partial charge in [0, 0.05) is 6.42 Å². The Morgan fingerprint density at radius 3 is 2.31 bits per heavy atom. The molecule has 2 rings (SSSR count). The molecule has 140 valence electrons. The van der Waals surface area contributed by atoms with Crippen molar-refractivity contribution in [1.82, 2.24) is 10.0 Å². The first-order valence-electron chi connectivity index (χ1n) is 7.99. The minimum absolute atomic E-state index is 0.153. The molecule has 0 spiro atoms. The molecule has 2 aromatic rings. The molecule has 1 atom stereocenters. The maximum absolute atomic E-state index is 13.3. The molecule has 0 aromatic heterocycles. The van der Waals surface area contributed by atoms with E-state index in [1.54, 1.807) is 19.1 Å². The van der Waals surface area contributed by atoms with E-state index in [1.165, 1.54) is 25.2 Å². The number of benzene rings is 2. The van der Waals surface area contributed by atoms with Gasteiger partial charge in [-0.2, -0.15) is 0 Å². The normalized spacial score (nSPS) is 12.6. The summed E-state index contributed by atoms with van der Waals surface area (Å²) in [4.78, 5) is 12.2. The van der Waals surface area contributed by atoms with Crippen LogP contribution in [0.5, 0.6) is 0 Å². The van der Waals surface area contributed by atoms with E-state index in [9.17, 15) is 22.0 Å². The van der Waals surface area contributed by atoms with Crippen molar-refractivity contribution in [2.45, 2.75) is 30.7 Å². The van der Waals surface area contributed by atoms with E-state index >= 15 is 0 Å². The number of sulfonamides is 1. The van der Waals surface area contributed by atoms with Gasteiger partial charge >= 0.3 is 0 Å². The van der Waals surface area contributed by atoms with Crippen LogP contribution >= 0.6 is 0 Å². The lowest BCUT2D eigenvalue weighted by Gasteiger charge is -2.14. The summed E-state index contributed by atoms with van der Waals surface area (Å²) in [5.41, 5.74) is 1.29. The molecule has 2 aromatic carbocycles. The third-order valence-corrected chi connectivity index (χ3v) is 5.39. The minimum atomic E-state index is -3.49. The van der Waals surface area contributed by atoms with Crippen LogP contribution in [0.2, 0.25) is 0 Å². The van der Waals surface area contributed by atoms with Crippen molar-refractivity contribution in [3.8, 4) is 0 Å². The summed E-state index contributed by atoms with van der Waals surface area (Å²) in [6, 6.07) is 9.29. The van der Waals surface area contributed by atoms with E-state index in [0.717, 1.165) is 17.7 Å². The number of carbonyl (C=O) groups is 1. The predicted molar refractivity (Wildman–Crippen MR) is 93.9 cm³/mol. The molecule has 5 nitrogen and oxygen atoms in total. The number of halogens is 2. The summed E-state index contributed by atoms with van der Waals surface area (Å²) >= 11 is 0. The quantitative estimate of drug-likeness (QED) is 0.773. The van der Waals surface area contributed by atoms with Crippen molar-refractivity contribution < 1.29 is 22.0 Å². The number of rotatable bonds is 7. The first-order valence-corrected chi connectivity index (χ1v) is 9.48. The number of hydrogen-bond acceptors (Lipinski definition) is 3. The number of amides is 1. The molecular weight excluding hydrogens is 362 g/mol. The van der Waals surface area contributed by atoms with Crippen molar-refractivity contribution in [2.75, 3.05) is 7.05 Å². The van der Waals surface area contributed by atoms with Crippen molar-refractivity contribution in [3.63, 3.8) is 0 Å². The molecule has 0 saturated carbocycles. The van der Waals surface area contributed by atoms with Crippen molar-refractivity contribution in [3.05, 3.63) is 65.2 Å². The van der Waals surface area contributed by atoms with Gasteiger partial charge in [-0.25, -0.2) is 21.9 Å². The summed E-state index contributed by atoms with van der Waals surface area (Å²) in [6.07, 6.45) is 0.613. The molecule has 0 aliphatic carbocycles. The Morgan fingerprint density at radius 2 is 1.73 bits per heavy atom. The van der Waals surface area contributed by atoms with Gasteiger partial charge in [0.1, 0.15) is 0 Å². The van der Waals surface area contributed by atoms with Gasteiger partial charge in [-0.3, -0.25) is 4.79 Å². The zero-order valence-corrected chi connectivity index (χ0v) is 15.2. The lowest BCUT2D eigenvalue weighted by molar-refractivity contribution is -0.121. The lowest BCUT2D eigenvalue weighted by atomic mass is 10.1. The molecule has 0 fully saturated rings. The number of aryl methyl sites for hydroxylation is 1. The molecule has 0 aliphatic heterocycles. The first kappa shape index (κ1) is 20.0. The minimum Gasteiger partial charge on any atom is -0.350 e. The highest BCUT2D eigenvalue weighted by Gasteiger charge is 2.13. The molecule has 0 aliphatic rings. The SMILES string of the molecule is CNS(=O)(=O)c1ccc(CCC(=O)N[C@@H](C)c2ccc(F)c(F)c2)cc1. The Kier molecular flexibility index (Phi) is 6.44. The Balaban J connectivity index is 1.91. The zero-order valence-electron chi connectivity index (χ0n) is 14.4. The maximum Gasteiger partial charge on any atom is 0.240 e.